The van der Waals surface area contributed by atoms with E-state index in [0.717, 1.165) is 18.9 Å². The van der Waals surface area contributed by atoms with Crippen molar-refractivity contribution in [3.8, 4) is 0 Å². The van der Waals surface area contributed by atoms with Crippen LogP contribution in [-0.2, 0) is 11.2 Å². The molecule has 0 aliphatic heterocycles. The minimum Gasteiger partial charge on any atom is -0.355 e. The number of carbonyl (C=O) groups excluding carboxylic acids is 1. The lowest BCUT2D eigenvalue weighted by molar-refractivity contribution is -0.120. The van der Waals surface area contributed by atoms with Crippen molar-refractivity contribution in [3.63, 3.8) is 0 Å². The van der Waals surface area contributed by atoms with Crippen LogP contribution in [0.4, 0.5) is 0 Å². The maximum Gasteiger partial charge on any atom is 0.233 e. The first-order valence-electron chi connectivity index (χ1n) is 6.77. The van der Waals surface area contributed by atoms with E-state index in [2.05, 4.69) is 41.8 Å². The van der Waals surface area contributed by atoms with Crippen LogP contribution in [0.15, 0.2) is 24.3 Å². The van der Waals surface area contributed by atoms with Crippen molar-refractivity contribution in [2.24, 2.45) is 5.92 Å². The number of amides is 1. The van der Waals surface area contributed by atoms with Gasteiger partial charge in [-0.2, -0.15) is 0 Å². The maximum atomic E-state index is 11.5. The molecule has 2 rings (SSSR count). The highest BCUT2D eigenvalue weighted by Gasteiger charge is 2.20. The lowest BCUT2D eigenvalue weighted by Crippen LogP contribution is -2.35. The molecule has 0 saturated heterocycles. The van der Waals surface area contributed by atoms with Crippen LogP contribution in [0, 0.1) is 12.8 Å². The predicted octanol–water partition coefficient (Wildman–Crippen LogP) is 1.65. The van der Waals surface area contributed by atoms with Gasteiger partial charge in [0.15, 0.2) is 0 Å². The van der Waals surface area contributed by atoms with Crippen molar-refractivity contribution in [1.29, 1.82) is 0 Å². The van der Waals surface area contributed by atoms with Gasteiger partial charge in [0.05, 0.1) is 6.54 Å². The van der Waals surface area contributed by atoms with Gasteiger partial charge < -0.3 is 10.6 Å². The molecule has 0 bridgehead atoms. The molecule has 1 saturated carbocycles. The molecule has 0 heterocycles. The molecule has 1 aliphatic carbocycles. The Morgan fingerprint density at radius 3 is 2.67 bits per heavy atom. The van der Waals surface area contributed by atoms with Gasteiger partial charge in [-0.3, -0.25) is 4.79 Å². The lowest BCUT2D eigenvalue weighted by Gasteiger charge is -2.06. The fraction of sp³-hybridized carbons (Fsp3) is 0.533. The third-order valence-corrected chi connectivity index (χ3v) is 3.27. The second-order valence-corrected chi connectivity index (χ2v) is 5.16. The highest BCUT2D eigenvalue weighted by Crippen LogP contribution is 2.27. The van der Waals surface area contributed by atoms with E-state index in [1.54, 1.807) is 0 Å². The molecule has 0 atom stereocenters. The standard InChI is InChI=1S/C15H22N2O/c1-12-2-4-13(5-3-12)8-9-17-15(18)11-16-10-14-6-7-14/h2-5,14,16H,6-11H2,1H3,(H,17,18). The van der Waals surface area contributed by atoms with E-state index < -0.39 is 0 Å². The van der Waals surface area contributed by atoms with Crippen LogP contribution in [0.1, 0.15) is 24.0 Å². The fourth-order valence-electron chi connectivity index (χ4n) is 1.88. The molecule has 0 aromatic heterocycles. The van der Waals surface area contributed by atoms with Gasteiger partial charge in [0.2, 0.25) is 5.91 Å². The largest absolute Gasteiger partial charge is 0.355 e. The molecule has 1 aromatic rings. The van der Waals surface area contributed by atoms with Crippen molar-refractivity contribution >= 4 is 5.91 Å². The van der Waals surface area contributed by atoms with Crippen LogP contribution in [0.5, 0.6) is 0 Å². The van der Waals surface area contributed by atoms with E-state index in [9.17, 15) is 4.79 Å². The average Bonchev–Trinajstić information content (AvgIpc) is 3.16. The summed E-state index contributed by atoms with van der Waals surface area (Å²) in [5.74, 6) is 0.924. The smallest absolute Gasteiger partial charge is 0.233 e. The van der Waals surface area contributed by atoms with E-state index in [-0.39, 0.29) is 5.91 Å². The molecule has 0 spiro atoms. The number of carbonyl (C=O) groups is 1. The molecule has 3 heteroatoms. The van der Waals surface area contributed by atoms with Gasteiger partial charge in [-0.05, 0) is 44.2 Å². The summed E-state index contributed by atoms with van der Waals surface area (Å²) in [4.78, 5) is 11.5. The van der Waals surface area contributed by atoms with Crippen LogP contribution in [0.2, 0.25) is 0 Å². The lowest BCUT2D eigenvalue weighted by atomic mass is 10.1. The van der Waals surface area contributed by atoms with Crippen LogP contribution in [0.3, 0.4) is 0 Å². The molecular weight excluding hydrogens is 224 g/mol. The Morgan fingerprint density at radius 2 is 2.00 bits per heavy atom. The molecule has 1 fully saturated rings. The molecule has 18 heavy (non-hydrogen) atoms. The van der Waals surface area contributed by atoms with Crippen LogP contribution in [-0.4, -0.2) is 25.5 Å². The highest BCUT2D eigenvalue weighted by molar-refractivity contribution is 5.77. The van der Waals surface area contributed by atoms with Gasteiger partial charge in [0.25, 0.3) is 0 Å². The summed E-state index contributed by atoms with van der Waals surface area (Å²) in [6, 6.07) is 8.45. The first-order chi connectivity index (χ1) is 8.74. The molecular formula is C15H22N2O. The van der Waals surface area contributed by atoms with Crippen molar-refractivity contribution in [2.45, 2.75) is 26.2 Å². The first-order valence-corrected chi connectivity index (χ1v) is 6.77. The molecule has 0 unspecified atom stereocenters. The highest BCUT2D eigenvalue weighted by atomic mass is 16.1. The Balaban J connectivity index is 1.56. The zero-order valence-corrected chi connectivity index (χ0v) is 11.0. The fourth-order valence-corrected chi connectivity index (χ4v) is 1.88. The molecule has 2 N–H and O–H groups in total. The number of nitrogens with one attached hydrogen (secondary N) is 2. The normalized spacial score (nSPS) is 14.5. The van der Waals surface area contributed by atoms with E-state index >= 15 is 0 Å². The second-order valence-electron chi connectivity index (χ2n) is 5.16. The minimum absolute atomic E-state index is 0.0998. The van der Waals surface area contributed by atoms with E-state index in [1.807, 2.05) is 0 Å². The molecule has 0 radical (unpaired) electrons. The summed E-state index contributed by atoms with van der Waals surface area (Å²) in [5.41, 5.74) is 2.54. The van der Waals surface area contributed by atoms with Gasteiger partial charge in [0.1, 0.15) is 0 Å². The Hall–Kier alpha value is -1.35. The predicted molar refractivity (Wildman–Crippen MR) is 73.5 cm³/mol. The first kappa shape index (κ1) is 13.1. The summed E-state index contributed by atoms with van der Waals surface area (Å²) < 4.78 is 0. The zero-order chi connectivity index (χ0) is 12.8. The summed E-state index contributed by atoms with van der Waals surface area (Å²) in [6.45, 7) is 4.24. The number of rotatable bonds is 7. The maximum absolute atomic E-state index is 11.5. The minimum atomic E-state index is 0.0998. The summed E-state index contributed by atoms with van der Waals surface area (Å²) in [5, 5.41) is 6.13. The van der Waals surface area contributed by atoms with Gasteiger partial charge in [-0.1, -0.05) is 29.8 Å². The molecule has 1 aliphatic rings. The number of benzene rings is 1. The third kappa shape index (κ3) is 4.88. The van der Waals surface area contributed by atoms with Crippen LogP contribution < -0.4 is 10.6 Å². The molecule has 1 amide bonds. The summed E-state index contributed by atoms with van der Waals surface area (Å²) in [6.07, 6.45) is 3.54. The Morgan fingerprint density at radius 1 is 1.28 bits per heavy atom. The van der Waals surface area contributed by atoms with Gasteiger partial charge in [0, 0.05) is 6.54 Å². The molecule has 98 valence electrons. The topological polar surface area (TPSA) is 41.1 Å². The van der Waals surface area contributed by atoms with E-state index in [0.29, 0.717) is 13.1 Å². The average molecular weight is 246 g/mol. The van der Waals surface area contributed by atoms with E-state index in [4.69, 9.17) is 0 Å². The number of hydrogen-bond acceptors (Lipinski definition) is 2. The van der Waals surface area contributed by atoms with Crippen LogP contribution >= 0.6 is 0 Å². The van der Waals surface area contributed by atoms with Crippen molar-refractivity contribution in [2.75, 3.05) is 19.6 Å². The Kier molecular flexibility index (Phi) is 4.76. The van der Waals surface area contributed by atoms with Crippen molar-refractivity contribution in [1.82, 2.24) is 10.6 Å². The van der Waals surface area contributed by atoms with Gasteiger partial charge in [-0.15, -0.1) is 0 Å². The number of hydrogen-bond donors (Lipinski definition) is 2. The SMILES string of the molecule is Cc1ccc(CCNC(=O)CNCC2CC2)cc1. The van der Waals surface area contributed by atoms with Gasteiger partial charge >= 0.3 is 0 Å². The van der Waals surface area contributed by atoms with Crippen molar-refractivity contribution in [3.05, 3.63) is 35.4 Å². The quantitative estimate of drug-likeness (QED) is 0.768. The monoisotopic (exact) mass is 246 g/mol. The van der Waals surface area contributed by atoms with Crippen molar-refractivity contribution < 1.29 is 4.79 Å². The van der Waals surface area contributed by atoms with E-state index in [1.165, 1.54) is 24.0 Å². The third-order valence-electron chi connectivity index (χ3n) is 3.27. The Labute approximate surface area is 109 Å². The van der Waals surface area contributed by atoms with Gasteiger partial charge in [-0.25, -0.2) is 0 Å². The summed E-state index contributed by atoms with van der Waals surface area (Å²) in [7, 11) is 0. The molecule has 3 nitrogen and oxygen atoms in total. The molecule has 1 aromatic carbocycles. The number of aryl methyl sites for hydroxylation is 1. The Bertz CT molecular complexity index is 382. The summed E-state index contributed by atoms with van der Waals surface area (Å²) >= 11 is 0. The zero-order valence-electron chi connectivity index (χ0n) is 11.0. The van der Waals surface area contributed by atoms with Crippen LogP contribution in [0.25, 0.3) is 0 Å². The second kappa shape index (κ2) is 6.55.